The van der Waals surface area contributed by atoms with Crippen molar-refractivity contribution >= 4 is 28.2 Å². The zero-order valence-corrected chi connectivity index (χ0v) is 12.6. The summed E-state index contributed by atoms with van der Waals surface area (Å²) in [5.74, 6) is 0.588. The maximum Gasteiger partial charge on any atom is 0.221 e. The minimum atomic E-state index is 0.189. The van der Waals surface area contributed by atoms with Gasteiger partial charge >= 0.3 is 0 Å². The summed E-state index contributed by atoms with van der Waals surface area (Å²) in [5, 5.41) is 4.53. The first-order valence-electron chi connectivity index (χ1n) is 7.62. The van der Waals surface area contributed by atoms with Gasteiger partial charge in [-0.2, -0.15) is 4.98 Å². The number of nitrogens with two attached hydrogens (primary N) is 2. The van der Waals surface area contributed by atoms with Crippen molar-refractivity contribution in [2.24, 2.45) is 0 Å². The quantitative estimate of drug-likeness (QED) is 0.580. The van der Waals surface area contributed by atoms with Crippen LogP contribution in [0.2, 0.25) is 0 Å². The lowest BCUT2D eigenvalue weighted by atomic mass is 9.97. The van der Waals surface area contributed by atoms with Gasteiger partial charge in [0.25, 0.3) is 0 Å². The number of aromatic amines is 1. The van der Waals surface area contributed by atoms with Gasteiger partial charge in [0, 0.05) is 41.0 Å². The second kappa shape index (κ2) is 5.40. The molecule has 23 heavy (non-hydrogen) atoms. The van der Waals surface area contributed by atoms with E-state index >= 15 is 0 Å². The van der Waals surface area contributed by atoms with E-state index in [-0.39, 0.29) is 5.95 Å². The maximum absolute atomic E-state index is 6.00. The number of aromatic nitrogens is 3. The average Bonchev–Trinajstić information content (AvgIpc) is 2.99. The van der Waals surface area contributed by atoms with E-state index in [9.17, 15) is 0 Å². The lowest BCUT2D eigenvalue weighted by Gasteiger charge is -2.13. The standard InChI is InChI=1S/C17H18N6/c18-16-14(9-22-17(19)23-16)11-1-2-15-12(7-11)13(8-21-15)10-3-5-20-6-4-10/h1-3,7-9,20-21H,4-6H2,(H4,18,19,22,23). The molecule has 0 bridgehead atoms. The van der Waals surface area contributed by atoms with Crippen molar-refractivity contribution in [2.45, 2.75) is 6.42 Å². The molecule has 0 aliphatic carbocycles. The number of nitrogens with zero attached hydrogens (tertiary/aromatic N) is 2. The Kier molecular flexibility index (Phi) is 3.24. The molecule has 3 heterocycles. The molecule has 1 aliphatic rings. The van der Waals surface area contributed by atoms with E-state index in [0.29, 0.717) is 5.82 Å². The van der Waals surface area contributed by atoms with Crippen LogP contribution in [0.3, 0.4) is 0 Å². The summed E-state index contributed by atoms with van der Waals surface area (Å²) in [7, 11) is 0. The largest absolute Gasteiger partial charge is 0.383 e. The average molecular weight is 306 g/mol. The number of rotatable bonds is 2. The van der Waals surface area contributed by atoms with Gasteiger partial charge in [-0.3, -0.25) is 0 Å². The summed E-state index contributed by atoms with van der Waals surface area (Å²) >= 11 is 0. The molecule has 0 radical (unpaired) electrons. The van der Waals surface area contributed by atoms with Gasteiger partial charge in [-0.05, 0) is 36.2 Å². The van der Waals surface area contributed by atoms with Crippen molar-refractivity contribution in [3.8, 4) is 11.1 Å². The van der Waals surface area contributed by atoms with Crippen LogP contribution in [-0.4, -0.2) is 28.0 Å². The van der Waals surface area contributed by atoms with E-state index in [2.05, 4.69) is 44.7 Å². The first-order valence-corrected chi connectivity index (χ1v) is 7.62. The molecule has 6 heteroatoms. The van der Waals surface area contributed by atoms with Crippen LogP contribution >= 0.6 is 0 Å². The molecule has 0 atom stereocenters. The summed E-state index contributed by atoms with van der Waals surface area (Å²) in [6.07, 6.45) is 7.03. The second-order valence-electron chi connectivity index (χ2n) is 5.67. The Labute approximate surface area is 133 Å². The number of nitrogens with one attached hydrogen (secondary N) is 2. The SMILES string of the molecule is Nc1ncc(-c2ccc3[nH]cc(C4=CCNCC4)c3c2)c(N)n1. The first kappa shape index (κ1) is 13.8. The molecule has 0 spiro atoms. The summed E-state index contributed by atoms with van der Waals surface area (Å²) in [5.41, 5.74) is 17.1. The van der Waals surface area contributed by atoms with Crippen molar-refractivity contribution in [3.05, 3.63) is 42.2 Å². The van der Waals surface area contributed by atoms with Crippen LogP contribution < -0.4 is 16.8 Å². The Bertz CT molecular complexity index is 909. The van der Waals surface area contributed by atoms with Crippen LogP contribution in [0, 0.1) is 0 Å². The van der Waals surface area contributed by atoms with E-state index in [1.54, 1.807) is 6.20 Å². The Morgan fingerprint density at radius 3 is 2.83 bits per heavy atom. The van der Waals surface area contributed by atoms with Gasteiger partial charge in [0.05, 0.1) is 0 Å². The molecule has 0 saturated carbocycles. The van der Waals surface area contributed by atoms with E-state index in [1.165, 1.54) is 16.5 Å². The molecule has 116 valence electrons. The number of nitrogen functional groups attached to an aromatic ring is 2. The molecule has 6 nitrogen and oxygen atoms in total. The van der Waals surface area contributed by atoms with Crippen molar-refractivity contribution in [1.29, 1.82) is 0 Å². The van der Waals surface area contributed by atoms with Crippen LogP contribution in [0.1, 0.15) is 12.0 Å². The lowest BCUT2D eigenvalue weighted by molar-refractivity contribution is 0.739. The third-order valence-electron chi connectivity index (χ3n) is 4.24. The molecule has 0 amide bonds. The Morgan fingerprint density at radius 2 is 2.04 bits per heavy atom. The molecule has 1 aliphatic heterocycles. The van der Waals surface area contributed by atoms with E-state index in [1.807, 2.05) is 6.07 Å². The summed E-state index contributed by atoms with van der Waals surface area (Å²) in [6, 6.07) is 6.21. The van der Waals surface area contributed by atoms with Gasteiger partial charge in [0.15, 0.2) is 0 Å². The first-order chi connectivity index (χ1) is 11.2. The van der Waals surface area contributed by atoms with Crippen molar-refractivity contribution in [3.63, 3.8) is 0 Å². The molecule has 0 saturated heterocycles. The fourth-order valence-corrected chi connectivity index (χ4v) is 3.05. The smallest absolute Gasteiger partial charge is 0.221 e. The number of hydrogen-bond acceptors (Lipinski definition) is 5. The predicted octanol–water partition coefficient (Wildman–Crippen LogP) is 2.17. The Morgan fingerprint density at radius 1 is 1.13 bits per heavy atom. The molecule has 0 fully saturated rings. The highest BCUT2D eigenvalue weighted by Gasteiger charge is 2.13. The summed E-state index contributed by atoms with van der Waals surface area (Å²) in [4.78, 5) is 11.4. The fraction of sp³-hybridized carbons (Fsp3) is 0.176. The number of benzene rings is 1. The van der Waals surface area contributed by atoms with E-state index < -0.39 is 0 Å². The van der Waals surface area contributed by atoms with Crippen LogP contribution in [0.4, 0.5) is 11.8 Å². The molecule has 2 aromatic heterocycles. The summed E-state index contributed by atoms with van der Waals surface area (Å²) < 4.78 is 0. The summed E-state index contributed by atoms with van der Waals surface area (Å²) in [6.45, 7) is 1.93. The zero-order valence-electron chi connectivity index (χ0n) is 12.6. The van der Waals surface area contributed by atoms with Gasteiger partial charge in [0.2, 0.25) is 5.95 Å². The van der Waals surface area contributed by atoms with Crippen molar-refractivity contribution in [1.82, 2.24) is 20.3 Å². The Hall–Kier alpha value is -2.86. The predicted molar refractivity (Wildman–Crippen MR) is 93.6 cm³/mol. The third kappa shape index (κ3) is 2.43. The highest BCUT2D eigenvalue weighted by atomic mass is 15.0. The molecule has 0 unspecified atom stereocenters. The highest BCUT2D eigenvalue weighted by Crippen LogP contribution is 2.32. The van der Waals surface area contributed by atoms with Crippen LogP contribution in [0.5, 0.6) is 0 Å². The van der Waals surface area contributed by atoms with Crippen LogP contribution in [0.25, 0.3) is 27.6 Å². The van der Waals surface area contributed by atoms with Gasteiger partial charge < -0.3 is 21.8 Å². The van der Waals surface area contributed by atoms with Gasteiger partial charge in [-0.15, -0.1) is 0 Å². The van der Waals surface area contributed by atoms with Crippen LogP contribution in [-0.2, 0) is 0 Å². The molecule has 4 rings (SSSR count). The Balaban J connectivity index is 1.85. The van der Waals surface area contributed by atoms with Crippen molar-refractivity contribution in [2.75, 3.05) is 24.6 Å². The van der Waals surface area contributed by atoms with E-state index in [0.717, 1.165) is 36.2 Å². The number of anilines is 2. The van der Waals surface area contributed by atoms with E-state index in [4.69, 9.17) is 11.5 Å². The fourth-order valence-electron chi connectivity index (χ4n) is 3.05. The topological polar surface area (TPSA) is 106 Å². The van der Waals surface area contributed by atoms with Gasteiger partial charge in [0.1, 0.15) is 5.82 Å². The highest BCUT2D eigenvalue weighted by molar-refractivity contribution is 5.96. The third-order valence-corrected chi connectivity index (χ3v) is 4.24. The number of hydrogen-bond donors (Lipinski definition) is 4. The molecule has 6 N–H and O–H groups in total. The molecule has 1 aromatic carbocycles. The normalized spacial score (nSPS) is 14.9. The minimum absolute atomic E-state index is 0.189. The maximum atomic E-state index is 6.00. The van der Waals surface area contributed by atoms with Gasteiger partial charge in [-0.1, -0.05) is 12.1 Å². The molecular weight excluding hydrogens is 288 g/mol. The minimum Gasteiger partial charge on any atom is -0.383 e. The lowest BCUT2D eigenvalue weighted by Crippen LogP contribution is -2.19. The number of fused-ring (bicyclic) bond motifs is 1. The van der Waals surface area contributed by atoms with Gasteiger partial charge in [-0.25, -0.2) is 4.98 Å². The van der Waals surface area contributed by atoms with Crippen molar-refractivity contribution < 1.29 is 0 Å². The van der Waals surface area contributed by atoms with Crippen LogP contribution in [0.15, 0.2) is 36.7 Å². The molecule has 3 aromatic rings. The zero-order chi connectivity index (χ0) is 15.8. The monoisotopic (exact) mass is 306 g/mol. The number of H-pyrrole nitrogens is 1. The second-order valence-corrected chi connectivity index (χ2v) is 5.67. The molecular formula is C17H18N6.